The lowest BCUT2D eigenvalue weighted by Gasteiger charge is -2.38. The summed E-state index contributed by atoms with van der Waals surface area (Å²) in [5.74, 6) is 1.20. The average Bonchev–Trinajstić information content (AvgIpc) is 3.51. The van der Waals surface area contributed by atoms with Gasteiger partial charge in [-0.25, -0.2) is 4.98 Å². The lowest BCUT2D eigenvalue weighted by atomic mass is 9.99. The molecule has 1 amide bonds. The SMILES string of the molecule is C=CC(=O)N1C[C@H](Nc2nc(Nc3cnn(C4CCCC4)c3)ncc2/C=C\NC)CC[C@@H]1C. The van der Waals surface area contributed by atoms with Gasteiger partial charge in [-0.05, 0) is 51.0 Å². The maximum absolute atomic E-state index is 12.3. The summed E-state index contributed by atoms with van der Waals surface area (Å²) in [7, 11) is 1.85. The lowest BCUT2D eigenvalue weighted by molar-refractivity contribution is -0.129. The molecule has 2 aliphatic rings. The number of anilines is 3. The molecule has 0 bridgehead atoms. The van der Waals surface area contributed by atoms with Gasteiger partial charge in [-0.2, -0.15) is 10.1 Å². The molecule has 0 spiro atoms. The largest absolute Gasteiger partial charge is 0.394 e. The normalized spacial score (nSPS) is 21.3. The predicted octanol–water partition coefficient (Wildman–Crippen LogP) is 3.70. The Balaban J connectivity index is 1.51. The van der Waals surface area contributed by atoms with Crippen molar-refractivity contribution in [3.63, 3.8) is 0 Å². The molecule has 4 rings (SSSR count). The summed E-state index contributed by atoms with van der Waals surface area (Å²) in [6, 6.07) is 0.790. The van der Waals surface area contributed by atoms with Gasteiger partial charge in [0.25, 0.3) is 0 Å². The van der Waals surface area contributed by atoms with E-state index in [9.17, 15) is 4.79 Å². The van der Waals surface area contributed by atoms with Gasteiger partial charge in [-0.1, -0.05) is 19.4 Å². The third kappa shape index (κ3) is 5.53. The number of aromatic nitrogens is 4. The Morgan fingerprint density at radius 2 is 2.03 bits per heavy atom. The number of nitrogens with zero attached hydrogens (tertiary/aromatic N) is 5. The Bertz CT molecular complexity index is 994. The maximum Gasteiger partial charge on any atom is 0.246 e. The van der Waals surface area contributed by atoms with E-state index >= 15 is 0 Å². The molecule has 9 heteroatoms. The quantitative estimate of drug-likeness (QED) is 0.527. The van der Waals surface area contributed by atoms with E-state index in [1.165, 1.54) is 31.8 Å². The van der Waals surface area contributed by atoms with Gasteiger partial charge in [0, 0.05) is 43.6 Å². The van der Waals surface area contributed by atoms with Crippen LogP contribution in [0.15, 0.2) is 37.4 Å². The van der Waals surface area contributed by atoms with Crippen LogP contribution < -0.4 is 16.0 Å². The van der Waals surface area contributed by atoms with Gasteiger partial charge in [0.05, 0.1) is 17.9 Å². The fourth-order valence-corrected chi connectivity index (χ4v) is 4.60. The maximum atomic E-state index is 12.3. The van der Waals surface area contributed by atoms with Crippen LogP contribution in [0, 0.1) is 0 Å². The van der Waals surface area contributed by atoms with Crippen molar-refractivity contribution in [1.29, 1.82) is 0 Å². The standard InChI is InChI=1S/C24H34N8O/c1-4-22(33)31-15-19(10-9-17(31)2)28-23-18(11-12-25-3)13-26-24(30-23)29-20-14-27-32(16-20)21-7-5-6-8-21/h4,11-14,16-17,19,21,25H,1,5-10,15H2,2-3H3,(H2,26,28,29,30)/b12-11-/t17-,19+/m0/s1. The van der Waals surface area contributed by atoms with E-state index in [1.807, 2.05) is 41.3 Å². The number of carbonyl (C=O) groups excluding carboxylic acids is 1. The minimum Gasteiger partial charge on any atom is -0.394 e. The van der Waals surface area contributed by atoms with E-state index in [0.29, 0.717) is 18.5 Å². The van der Waals surface area contributed by atoms with Gasteiger partial charge in [-0.3, -0.25) is 9.48 Å². The lowest BCUT2D eigenvalue weighted by Crippen LogP contribution is -2.49. The Morgan fingerprint density at radius 3 is 2.79 bits per heavy atom. The molecule has 0 radical (unpaired) electrons. The van der Waals surface area contributed by atoms with Crippen LogP contribution in [0.25, 0.3) is 6.08 Å². The second-order valence-corrected chi connectivity index (χ2v) is 8.85. The van der Waals surface area contributed by atoms with Gasteiger partial charge in [0.15, 0.2) is 0 Å². The summed E-state index contributed by atoms with van der Waals surface area (Å²) in [6.45, 7) is 6.34. The Kier molecular flexibility index (Phi) is 7.26. The van der Waals surface area contributed by atoms with Gasteiger partial charge in [-0.15, -0.1) is 0 Å². The summed E-state index contributed by atoms with van der Waals surface area (Å²) in [5, 5.41) is 14.4. The molecular formula is C24H34N8O. The third-order valence-electron chi connectivity index (χ3n) is 6.48. The summed E-state index contributed by atoms with van der Waals surface area (Å²) in [4.78, 5) is 23.4. The van der Waals surface area contributed by atoms with Gasteiger partial charge >= 0.3 is 0 Å². The van der Waals surface area contributed by atoms with Crippen LogP contribution in [-0.4, -0.2) is 56.2 Å². The second-order valence-electron chi connectivity index (χ2n) is 8.85. The number of carbonyl (C=O) groups is 1. The van der Waals surface area contributed by atoms with Crippen molar-refractivity contribution >= 4 is 29.4 Å². The van der Waals surface area contributed by atoms with Crippen LogP contribution in [-0.2, 0) is 4.79 Å². The fraction of sp³-hybridized carbons (Fsp3) is 0.500. The first-order valence-electron chi connectivity index (χ1n) is 11.8. The first kappa shape index (κ1) is 22.8. The topological polar surface area (TPSA) is 100 Å². The molecule has 3 heterocycles. The average molecular weight is 451 g/mol. The second kappa shape index (κ2) is 10.5. The van der Waals surface area contributed by atoms with Crippen LogP contribution in [0.4, 0.5) is 17.5 Å². The van der Waals surface area contributed by atoms with E-state index in [4.69, 9.17) is 4.98 Å². The summed E-state index contributed by atoms with van der Waals surface area (Å²) >= 11 is 0. The van der Waals surface area contributed by atoms with Crippen LogP contribution >= 0.6 is 0 Å². The monoisotopic (exact) mass is 450 g/mol. The highest BCUT2D eigenvalue weighted by Crippen LogP contribution is 2.30. The van der Waals surface area contributed by atoms with E-state index in [2.05, 4.69) is 39.5 Å². The summed E-state index contributed by atoms with van der Waals surface area (Å²) in [6.07, 6.45) is 17.6. The molecule has 1 saturated heterocycles. The number of nitrogens with one attached hydrogen (secondary N) is 3. The van der Waals surface area contributed by atoms with Gasteiger partial charge in [0.1, 0.15) is 5.82 Å². The van der Waals surface area contributed by atoms with Crippen molar-refractivity contribution in [3.05, 3.63) is 43.0 Å². The van der Waals surface area contributed by atoms with Gasteiger partial charge < -0.3 is 20.9 Å². The van der Waals surface area contributed by atoms with Crippen LogP contribution in [0.5, 0.6) is 0 Å². The number of likely N-dealkylation sites (tertiary alicyclic amines) is 1. The minimum absolute atomic E-state index is 0.0337. The first-order valence-corrected chi connectivity index (χ1v) is 11.8. The molecule has 1 aliphatic heterocycles. The van der Waals surface area contributed by atoms with E-state index in [0.717, 1.165) is 29.9 Å². The molecule has 2 fully saturated rings. The Labute approximate surface area is 195 Å². The minimum atomic E-state index is -0.0337. The van der Waals surface area contributed by atoms with Crippen molar-refractivity contribution < 1.29 is 4.79 Å². The van der Waals surface area contributed by atoms with Crippen molar-refractivity contribution in [2.24, 2.45) is 0 Å². The molecule has 1 aliphatic carbocycles. The Hall–Kier alpha value is -3.36. The molecular weight excluding hydrogens is 416 g/mol. The highest BCUT2D eigenvalue weighted by molar-refractivity contribution is 5.87. The van der Waals surface area contributed by atoms with Crippen molar-refractivity contribution in [2.75, 3.05) is 24.2 Å². The molecule has 0 aromatic carbocycles. The molecule has 9 nitrogen and oxygen atoms in total. The van der Waals surface area contributed by atoms with Crippen LogP contribution in [0.1, 0.15) is 57.1 Å². The smallest absolute Gasteiger partial charge is 0.246 e. The van der Waals surface area contributed by atoms with E-state index < -0.39 is 0 Å². The van der Waals surface area contributed by atoms with E-state index in [1.54, 1.807) is 6.20 Å². The van der Waals surface area contributed by atoms with Crippen LogP contribution in [0.2, 0.25) is 0 Å². The molecule has 2 atom stereocenters. The zero-order valence-corrected chi connectivity index (χ0v) is 19.5. The zero-order chi connectivity index (χ0) is 23.2. The highest BCUT2D eigenvalue weighted by Gasteiger charge is 2.28. The number of hydrogen-bond acceptors (Lipinski definition) is 7. The molecule has 33 heavy (non-hydrogen) atoms. The highest BCUT2D eigenvalue weighted by atomic mass is 16.2. The third-order valence-corrected chi connectivity index (χ3v) is 6.48. The fourth-order valence-electron chi connectivity index (χ4n) is 4.60. The number of piperidine rings is 1. The Morgan fingerprint density at radius 1 is 1.21 bits per heavy atom. The molecule has 176 valence electrons. The summed E-state index contributed by atoms with van der Waals surface area (Å²) < 4.78 is 2.05. The van der Waals surface area contributed by atoms with Crippen molar-refractivity contribution in [3.8, 4) is 0 Å². The van der Waals surface area contributed by atoms with Crippen LogP contribution in [0.3, 0.4) is 0 Å². The molecule has 2 aromatic heterocycles. The molecule has 3 N–H and O–H groups in total. The first-order chi connectivity index (χ1) is 16.1. The predicted molar refractivity (Wildman–Crippen MR) is 131 cm³/mol. The molecule has 0 unspecified atom stereocenters. The number of rotatable bonds is 8. The van der Waals surface area contributed by atoms with Crippen molar-refractivity contribution in [1.82, 2.24) is 30.0 Å². The number of amides is 1. The molecule has 2 aromatic rings. The molecule has 1 saturated carbocycles. The zero-order valence-electron chi connectivity index (χ0n) is 19.5. The van der Waals surface area contributed by atoms with Crippen molar-refractivity contribution in [2.45, 2.75) is 63.6 Å². The number of hydrogen-bond donors (Lipinski definition) is 3. The van der Waals surface area contributed by atoms with E-state index in [-0.39, 0.29) is 18.0 Å². The van der Waals surface area contributed by atoms with Gasteiger partial charge in [0.2, 0.25) is 11.9 Å². The summed E-state index contributed by atoms with van der Waals surface area (Å²) in [5.41, 5.74) is 1.75.